The van der Waals surface area contributed by atoms with Gasteiger partial charge in [0.15, 0.2) is 0 Å². The summed E-state index contributed by atoms with van der Waals surface area (Å²) in [6.45, 7) is 3.59. The summed E-state index contributed by atoms with van der Waals surface area (Å²) in [5.74, 6) is 0.0485. The van der Waals surface area contributed by atoms with E-state index in [1.807, 2.05) is 30.3 Å². The van der Waals surface area contributed by atoms with Crippen LogP contribution in [0, 0.1) is 0 Å². The molecular weight excluding hydrogens is 336 g/mol. The predicted molar refractivity (Wildman–Crippen MR) is 111 cm³/mol. The fourth-order valence-corrected chi connectivity index (χ4v) is 3.40. The SMILES string of the molecule is O=C(CCCOCCc1ccccc1)Nc1ccc(N2CCCCC2)cc1. The van der Waals surface area contributed by atoms with Gasteiger partial charge in [-0.1, -0.05) is 30.3 Å². The van der Waals surface area contributed by atoms with E-state index in [1.54, 1.807) is 0 Å². The van der Waals surface area contributed by atoms with Crippen molar-refractivity contribution < 1.29 is 9.53 Å². The lowest BCUT2D eigenvalue weighted by molar-refractivity contribution is -0.116. The Labute approximate surface area is 162 Å². The number of anilines is 2. The van der Waals surface area contributed by atoms with E-state index >= 15 is 0 Å². The van der Waals surface area contributed by atoms with Crippen molar-refractivity contribution >= 4 is 17.3 Å². The first kappa shape index (κ1) is 19.4. The first-order chi connectivity index (χ1) is 13.3. The number of carbonyl (C=O) groups is 1. The van der Waals surface area contributed by atoms with Crippen LogP contribution in [0.1, 0.15) is 37.7 Å². The molecule has 1 heterocycles. The maximum absolute atomic E-state index is 12.1. The average Bonchev–Trinajstić information content (AvgIpc) is 2.72. The molecule has 1 N–H and O–H groups in total. The molecule has 1 fully saturated rings. The van der Waals surface area contributed by atoms with E-state index in [4.69, 9.17) is 4.74 Å². The smallest absolute Gasteiger partial charge is 0.224 e. The Kier molecular flexibility index (Phi) is 7.72. The molecule has 2 aromatic rings. The van der Waals surface area contributed by atoms with Crippen LogP contribution in [-0.4, -0.2) is 32.2 Å². The summed E-state index contributed by atoms with van der Waals surface area (Å²) in [5.41, 5.74) is 3.40. The largest absolute Gasteiger partial charge is 0.381 e. The number of rotatable bonds is 9. The summed E-state index contributed by atoms with van der Waals surface area (Å²) in [5, 5.41) is 2.98. The van der Waals surface area contributed by atoms with Gasteiger partial charge in [0, 0.05) is 37.5 Å². The summed E-state index contributed by atoms with van der Waals surface area (Å²) in [6, 6.07) is 18.5. The lowest BCUT2D eigenvalue weighted by Gasteiger charge is -2.28. The number of piperidine rings is 1. The van der Waals surface area contributed by atoms with Crippen LogP contribution in [0.15, 0.2) is 54.6 Å². The van der Waals surface area contributed by atoms with Gasteiger partial charge in [0.1, 0.15) is 0 Å². The highest BCUT2D eigenvalue weighted by Gasteiger charge is 2.10. The van der Waals surface area contributed by atoms with Crippen molar-refractivity contribution in [3.8, 4) is 0 Å². The average molecular weight is 367 g/mol. The first-order valence-electron chi connectivity index (χ1n) is 10.1. The van der Waals surface area contributed by atoms with E-state index < -0.39 is 0 Å². The highest BCUT2D eigenvalue weighted by atomic mass is 16.5. The molecule has 0 saturated carbocycles. The van der Waals surface area contributed by atoms with Crippen molar-refractivity contribution in [2.24, 2.45) is 0 Å². The van der Waals surface area contributed by atoms with Crippen LogP contribution in [-0.2, 0) is 16.0 Å². The fourth-order valence-electron chi connectivity index (χ4n) is 3.40. The van der Waals surface area contributed by atoms with Crippen molar-refractivity contribution in [2.75, 3.05) is 36.5 Å². The standard InChI is InChI=1S/C23H30N2O2/c26-23(10-7-18-27-19-15-20-8-3-1-4-9-20)24-21-11-13-22(14-12-21)25-16-5-2-6-17-25/h1,3-4,8-9,11-14H,2,5-7,10,15-19H2,(H,24,26). The third-order valence-corrected chi connectivity index (χ3v) is 4.94. The molecule has 1 aliphatic heterocycles. The van der Waals surface area contributed by atoms with Gasteiger partial charge in [-0.3, -0.25) is 4.79 Å². The van der Waals surface area contributed by atoms with Crippen LogP contribution in [0.3, 0.4) is 0 Å². The maximum Gasteiger partial charge on any atom is 0.224 e. The van der Waals surface area contributed by atoms with Crippen LogP contribution >= 0.6 is 0 Å². The molecule has 0 bridgehead atoms. The summed E-state index contributed by atoms with van der Waals surface area (Å²) in [4.78, 5) is 14.5. The molecule has 27 heavy (non-hydrogen) atoms. The van der Waals surface area contributed by atoms with Crippen LogP contribution in [0.5, 0.6) is 0 Å². The van der Waals surface area contributed by atoms with Gasteiger partial charge >= 0.3 is 0 Å². The third-order valence-electron chi connectivity index (χ3n) is 4.94. The normalized spacial score (nSPS) is 14.1. The molecule has 0 atom stereocenters. The third kappa shape index (κ3) is 6.72. The van der Waals surface area contributed by atoms with Crippen molar-refractivity contribution in [2.45, 2.75) is 38.5 Å². The van der Waals surface area contributed by atoms with E-state index in [-0.39, 0.29) is 5.91 Å². The van der Waals surface area contributed by atoms with Crippen molar-refractivity contribution in [3.05, 3.63) is 60.2 Å². The second-order valence-electron chi connectivity index (χ2n) is 7.09. The van der Waals surface area contributed by atoms with E-state index in [2.05, 4.69) is 34.5 Å². The van der Waals surface area contributed by atoms with Crippen LogP contribution in [0.2, 0.25) is 0 Å². The fraction of sp³-hybridized carbons (Fsp3) is 0.435. The van der Waals surface area contributed by atoms with Gasteiger partial charge in [-0.2, -0.15) is 0 Å². The second kappa shape index (κ2) is 10.7. The van der Waals surface area contributed by atoms with E-state index in [0.717, 1.165) is 31.6 Å². The Hall–Kier alpha value is -2.33. The van der Waals surface area contributed by atoms with E-state index in [9.17, 15) is 4.79 Å². The molecule has 0 radical (unpaired) electrons. The molecule has 4 nitrogen and oxygen atoms in total. The molecule has 1 aliphatic rings. The topological polar surface area (TPSA) is 41.6 Å². The van der Waals surface area contributed by atoms with Crippen molar-refractivity contribution in [3.63, 3.8) is 0 Å². The van der Waals surface area contributed by atoms with Crippen molar-refractivity contribution in [1.29, 1.82) is 0 Å². The van der Waals surface area contributed by atoms with Gasteiger partial charge < -0.3 is 15.0 Å². The van der Waals surface area contributed by atoms with Gasteiger partial charge in [0.2, 0.25) is 5.91 Å². The zero-order chi connectivity index (χ0) is 18.7. The first-order valence-corrected chi connectivity index (χ1v) is 10.1. The number of carbonyl (C=O) groups excluding carboxylic acids is 1. The van der Waals surface area contributed by atoms with Crippen LogP contribution in [0.25, 0.3) is 0 Å². The molecule has 144 valence electrons. The molecule has 0 aliphatic carbocycles. The molecule has 2 aromatic carbocycles. The Bertz CT molecular complexity index is 679. The number of hydrogen-bond acceptors (Lipinski definition) is 3. The molecule has 0 aromatic heterocycles. The predicted octanol–water partition coefficient (Wildman–Crippen LogP) is 4.65. The monoisotopic (exact) mass is 366 g/mol. The molecule has 0 unspecified atom stereocenters. The van der Waals surface area contributed by atoms with E-state index in [0.29, 0.717) is 19.6 Å². The highest BCUT2D eigenvalue weighted by Crippen LogP contribution is 2.21. The Morgan fingerprint density at radius 3 is 2.41 bits per heavy atom. The minimum atomic E-state index is 0.0485. The number of hydrogen-bond donors (Lipinski definition) is 1. The second-order valence-corrected chi connectivity index (χ2v) is 7.09. The number of nitrogens with zero attached hydrogens (tertiary/aromatic N) is 1. The van der Waals surface area contributed by atoms with Crippen molar-refractivity contribution in [1.82, 2.24) is 0 Å². The van der Waals surface area contributed by atoms with E-state index in [1.165, 1.54) is 30.5 Å². The molecule has 1 amide bonds. The Balaban J connectivity index is 1.29. The van der Waals surface area contributed by atoms with Gasteiger partial charge in [0.25, 0.3) is 0 Å². The zero-order valence-corrected chi connectivity index (χ0v) is 16.0. The molecular formula is C23H30N2O2. The Morgan fingerprint density at radius 1 is 0.926 bits per heavy atom. The minimum Gasteiger partial charge on any atom is -0.381 e. The van der Waals surface area contributed by atoms with Crippen LogP contribution in [0.4, 0.5) is 11.4 Å². The summed E-state index contributed by atoms with van der Waals surface area (Å²) < 4.78 is 5.64. The number of benzene rings is 2. The molecule has 0 spiro atoms. The lowest BCUT2D eigenvalue weighted by atomic mass is 10.1. The molecule has 4 heteroatoms. The summed E-state index contributed by atoms with van der Waals surface area (Å²) >= 11 is 0. The number of nitrogens with one attached hydrogen (secondary N) is 1. The number of ether oxygens (including phenoxy) is 1. The summed E-state index contributed by atoms with van der Waals surface area (Å²) in [7, 11) is 0. The number of amides is 1. The summed E-state index contributed by atoms with van der Waals surface area (Å²) in [6.07, 6.45) is 6.01. The lowest BCUT2D eigenvalue weighted by Crippen LogP contribution is -2.29. The van der Waals surface area contributed by atoms with Gasteiger partial charge in [-0.15, -0.1) is 0 Å². The maximum atomic E-state index is 12.1. The zero-order valence-electron chi connectivity index (χ0n) is 16.0. The Morgan fingerprint density at radius 2 is 1.67 bits per heavy atom. The van der Waals surface area contributed by atoms with Crippen LogP contribution < -0.4 is 10.2 Å². The van der Waals surface area contributed by atoms with Gasteiger partial charge in [0.05, 0.1) is 6.61 Å². The molecule has 3 rings (SSSR count). The minimum absolute atomic E-state index is 0.0485. The quantitative estimate of drug-likeness (QED) is 0.657. The molecule has 1 saturated heterocycles. The van der Waals surface area contributed by atoms with Gasteiger partial charge in [-0.25, -0.2) is 0 Å². The highest BCUT2D eigenvalue weighted by molar-refractivity contribution is 5.90. The van der Waals surface area contributed by atoms with Gasteiger partial charge in [-0.05, 0) is 61.9 Å².